The summed E-state index contributed by atoms with van der Waals surface area (Å²) in [4.78, 5) is 24.8. The first-order valence-corrected chi connectivity index (χ1v) is 6.87. The van der Waals surface area contributed by atoms with Crippen molar-refractivity contribution in [2.75, 3.05) is 6.54 Å². The highest BCUT2D eigenvalue weighted by molar-refractivity contribution is 5.69. The van der Waals surface area contributed by atoms with E-state index in [2.05, 4.69) is 0 Å². The van der Waals surface area contributed by atoms with Gasteiger partial charge in [-0.05, 0) is 33.3 Å². The molecule has 0 heterocycles. The minimum absolute atomic E-state index is 0.261. The van der Waals surface area contributed by atoms with Gasteiger partial charge in [0.1, 0.15) is 11.9 Å². The number of aldehydes is 1. The summed E-state index contributed by atoms with van der Waals surface area (Å²) in [7, 11) is 0. The lowest BCUT2D eigenvalue weighted by atomic mass is 10.0. The molecule has 1 rings (SSSR count). The Balaban J connectivity index is 2.98. The maximum Gasteiger partial charge on any atom is 0.410 e. The van der Waals surface area contributed by atoms with Gasteiger partial charge in [-0.25, -0.2) is 4.79 Å². The van der Waals surface area contributed by atoms with Gasteiger partial charge < -0.3 is 14.4 Å². The van der Waals surface area contributed by atoms with Gasteiger partial charge in [0, 0.05) is 13.0 Å². The van der Waals surface area contributed by atoms with Gasteiger partial charge in [-0.3, -0.25) is 0 Å². The molecule has 0 fully saturated rings. The Hall–Kier alpha value is -1.84. The van der Waals surface area contributed by atoms with Gasteiger partial charge in [0.2, 0.25) is 0 Å². The van der Waals surface area contributed by atoms with E-state index in [1.54, 1.807) is 4.90 Å². The van der Waals surface area contributed by atoms with Crippen molar-refractivity contribution in [3.63, 3.8) is 0 Å². The number of carbonyl (C=O) groups excluding carboxylic acids is 2. The molecule has 4 nitrogen and oxygen atoms in total. The molecule has 1 amide bonds. The predicted molar refractivity (Wildman–Crippen MR) is 78.5 cm³/mol. The van der Waals surface area contributed by atoms with Crippen LogP contribution in [0.3, 0.4) is 0 Å². The van der Waals surface area contributed by atoms with Crippen LogP contribution in [0.5, 0.6) is 0 Å². The first kappa shape index (κ1) is 16.2. The van der Waals surface area contributed by atoms with Crippen LogP contribution >= 0.6 is 0 Å². The molecular formula is C16H23NO3. The Morgan fingerprint density at radius 3 is 2.35 bits per heavy atom. The topological polar surface area (TPSA) is 46.6 Å². The summed E-state index contributed by atoms with van der Waals surface area (Å²) in [6, 6.07) is 9.26. The number of nitrogens with zero attached hydrogens (tertiary/aromatic N) is 1. The average Bonchev–Trinajstić information content (AvgIpc) is 2.37. The summed E-state index contributed by atoms with van der Waals surface area (Å²) in [5.74, 6) is 0. The number of carbonyl (C=O) groups is 2. The molecule has 0 radical (unpaired) electrons. The molecule has 0 aliphatic carbocycles. The molecular weight excluding hydrogens is 254 g/mol. The van der Waals surface area contributed by atoms with Crippen LogP contribution in [0.1, 0.15) is 45.7 Å². The van der Waals surface area contributed by atoms with Crippen molar-refractivity contribution in [1.29, 1.82) is 0 Å². The van der Waals surface area contributed by atoms with Gasteiger partial charge in [-0.2, -0.15) is 0 Å². The smallest absolute Gasteiger partial charge is 0.410 e. The molecule has 4 heteroatoms. The third-order valence-corrected chi connectivity index (χ3v) is 2.85. The molecule has 0 spiro atoms. The number of benzene rings is 1. The normalized spacial score (nSPS) is 12.6. The van der Waals surface area contributed by atoms with E-state index < -0.39 is 11.7 Å². The van der Waals surface area contributed by atoms with Crippen molar-refractivity contribution in [2.24, 2.45) is 0 Å². The van der Waals surface area contributed by atoms with E-state index in [9.17, 15) is 9.59 Å². The van der Waals surface area contributed by atoms with E-state index in [1.165, 1.54) is 0 Å². The monoisotopic (exact) mass is 277 g/mol. The zero-order valence-electron chi connectivity index (χ0n) is 12.6. The van der Waals surface area contributed by atoms with Crippen LogP contribution in [0.4, 0.5) is 4.79 Å². The summed E-state index contributed by atoms with van der Waals surface area (Å²) in [6.45, 7) is 7.86. The van der Waals surface area contributed by atoms with Gasteiger partial charge in [0.25, 0.3) is 0 Å². The van der Waals surface area contributed by atoms with Crippen LogP contribution in [-0.4, -0.2) is 29.4 Å². The molecule has 1 aromatic rings. The molecule has 0 saturated carbocycles. The van der Waals surface area contributed by atoms with Crippen molar-refractivity contribution in [3.8, 4) is 0 Å². The molecule has 1 atom stereocenters. The van der Waals surface area contributed by atoms with Crippen LogP contribution < -0.4 is 0 Å². The molecule has 20 heavy (non-hydrogen) atoms. The fourth-order valence-electron chi connectivity index (χ4n) is 2.01. The highest BCUT2D eigenvalue weighted by atomic mass is 16.6. The lowest BCUT2D eigenvalue weighted by Crippen LogP contribution is -2.39. The number of ether oxygens (including phenoxy) is 1. The summed E-state index contributed by atoms with van der Waals surface area (Å²) in [5, 5.41) is 0. The zero-order valence-corrected chi connectivity index (χ0v) is 12.6. The van der Waals surface area contributed by atoms with Crippen LogP contribution in [0.15, 0.2) is 30.3 Å². The lowest BCUT2D eigenvalue weighted by molar-refractivity contribution is -0.108. The maximum absolute atomic E-state index is 12.3. The molecule has 0 aliphatic rings. The van der Waals surface area contributed by atoms with Crippen LogP contribution in [0, 0.1) is 0 Å². The van der Waals surface area contributed by atoms with E-state index in [0.29, 0.717) is 6.54 Å². The fourth-order valence-corrected chi connectivity index (χ4v) is 2.01. The van der Waals surface area contributed by atoms with Gasteiger partial charge in [-0.15, -0.1) is 0 Å². The van der Waals surface area contributed by atoms with E-state index in [-0.39, 0.29) is 12.5 Å². The number of hydrogen-bond donors (Lipinski definition) is 0. The Morgan fingerprint density at radius 1 is 1.30 bits per heavy atom. The van der Waals surface area contributed by atoms with Crippen molar-refractivity contribution in [1.82, 2.24) is 4.90 Å². The largest absolute Gasteiger partial charge is 0.444 e. The number of amides is 1. The second kappa shape index (κ2) is 7.08. The summed E-state index contributed by atoms with van der Waals surface area (Å²) < 4.78 is 5.41. The molecule has 1 aromatic carbocycles. The van der Waals surface area contributed by atoms with Crippen LogP contribution in [0.2, 0.25) is 0 Å². The average molecular weight is 277 g/mol. The van der Waals surface area contributed by atoms with Crippen LogP contribution in [-0.2, 0) is 9.53 Å². The third-order valence-electron chi connectivity index (χ3n) is 2.85. The van der Waals surface area contributed by atoms with Crippen molar-refractivity contribution in [3.05, 3.63) is 35.9 Å². The highest BCUT2D eigenvalue weighted by Gasteiger charge is 2.27. The summed E-state index contributed by atoms with van der Waals surface area (Å²) in [6.07, 6.45) is 0.706. The first-order valence-electron chi connectivity index (χ1n) is 6.87. The number of rotatable bonds is 5. The minimum atomic E-state index is -0.549. The van der Waals surface area contributed by atoms with Crippen molar-refractivity contribution >= 4 is 12.4 Å². The number of hydrogen-bond acceptors (Lipinski definition) is 3. The fraction of sp³-hybridized carbons (Fsp3) is 0.500. The third kappa shape index (κ3) is 4.68. The van der Waals surface area contributed by atoms with Gasteiger partial charge >= 0.3 is 6.09 Å². The molecule has 0 bridgehead atoms. The highest BCUT2D eigenvalue weighted by Crippen LogP contribution is 2.25. The van der Waals surface area contributed by atoms with Crippen molar-refractivity contribution in [2.45, 2.75) is 45.8 Å². The standard InChI is InChI=1S/C16H23NO3/c1-5-17(15(19)20-16(2,3)4)14(11-12-18)13-9-7-6-8-10-13/h6-10,12,14H,5,11H2,1-4H3. The Labute approximate surface area is 120 Å². The van der Waals surface area contributed by atoms with E-state index in [0.717, 1.165) is 11.8 Å². The Bertz CT molecular complexity index is 437. The van der Waals surface area contributed by atoms with Gasteiger partial charge in [0.05, 0.1) is 6.04 Å². The molecule has 0 saturated heterocycles. The maximum atomic E-state index is 12.3. The van der Waals surface area contributed by atoms with E-state index in [4.69, 9.17) is 4.74 Å². The molecule has 0 N–H and O–H groups in total. The van der Waals surface area contributed by atoms with E-state index >= 15 is 0 Å². The van der Waals surface area contributed by atoms with Gasteiger partial charge in [0.15, 0.2) is 0 Å². The molecule has 0 aliphatic heterocycles. The first-order chi connectivity index (χ1) is 9.39. The van der Waals surface area contributed by atoms with Crippen LogP contribution in [0.25, 0.3) is 0 Å². The summed E-state index contributed by atoms with van der Waals surface area (Å²) in [5.41, 5.74) is 0.389. The van der Waals surface area contributed by atoms with E-state index in [1.807, 2.05) is 58.0 Å². The van der Waals surface area contributed by atoms with Gasteiger partial charge in [-0.1, -0.05) is 30.3 Å². The van der Waals surface area contributed by atoms with Crippen molar-refractivity contribution < 1.29 is 14.3 Å². The molecule has 1 unspecified atom stereocenters. The SMILES string of the molecule is CCN(C(=O)OC(C)(C)C)C(CC=O)c1ccccc1. The second-order valence-electron chi connectivity index (χ2n) is 5.60. The minimum Gasteiger partial charge on any atom is -0.444 e. The zero-order chi connectivity index (χ0) is 15.2. The Morgan fingerprint density at radius 2 is 1.90 bits per heavy atom. The lowest BCUT2D eigenvalue weighted by Gasteiger charge is -2.32. The predicted octanol–water partition coefficient (Wildman–Crippen LogP) is 3.57. The molecule has 110 valence electrons. The Kier molecular flexibility index (Phi) is 5.74. The second-order valence-corrected chi connectivity index (χ2v) is 5.60. The quantitative estimate of drug-likeness (QED) is 0.773. The molecule has 0 aromatic heterocycles. The summed E-state index contributed by atoms with van der Waals surface area (Å²) >= 11 is 0.